The van der Waals surface area contributed by atoms with E-state index >= 15 is 0 Å². The Balaban J connectivity index is 2.17. The molecule has 1 N–H and O–H groups in total. The maximum Gasteiger partial charge on any atom is 0.242 e. The van der Waals surface area contributed by atoms with Crippen LogP contribution < -0.4 is 5.32 Å². The molecule has 2 rings (SSSR count). The Bertz CT molecular complexity index is 403. The molecule has 1 aromatic carbocycles. The van der Waals surface area contributed by atoms with Crippen LogP contribution in [0.2, 0.25) is 0 Å². The number of nitrogens with zero attached hydrogens (tertiary/aromatic N) is 1. The SMILES string of the molecule is CC(c1ccccc1)N1CC(=O)NCC1=O. The zero-order valence-electron chi connectivity index (χ0n) is 9.14. The third-order valence-electron chi connectivity index (χ3n) is 2.82. The summed E-state index contributed by atoms with van der Waals surface area (Å²) >= 11 is 0. The summed E-state index contributed by atoms with van der Waals surface area (Å²) in [4.78, 5) is 24.5. The van der Waals surface area contributed by atoms with Crippen molar-refractivity contribution in [2.75, 3.05) is 13.1 Å². The van der Waals surface area contributed by atoms with Gasteiger partial charge in [0.15, 0.2) is 0 Å². The molecule has 0 bridgehead atoms. The summed E-state index contributed by atoms with van der Waals surface area (Å²) in [5.74, 6) is -0.127. The topological polar surface area (TPSA) is 49.4 Å². The van der Waals surface area contributed by atoms with E-state index in [-0.39, 0.29) is 30.9 Å². The summed E-state index contributed by atoms with van der Waals surface area (Å²) in [5, 5.41) is 2.54. The van der Waals surface area contributed by atoms with Gasteiger partial charge in [-0.2, -0.15) is 0 Å². The average molecular weight is 218 g/mol. The lowest BCUT2D eigenvalue weighted by atomic mass is 10.1. The van der Waals surface area contributed by atoms with Gasteiger partial charge in [0.05, 0.1) is 12.6 Å². The Morgan fingerprint density at radius 3 is 2.62 bits per heavy atom. The van der Waals surface area contributed by atoms with Crippen LogP contribution in [0.3, 0.4) is 0 Å². The van der Waals surface area contributed by atoms with Crippen LogP contribution in [0, 0.1) is 0 Å². The normalized spacial score (nSPS) is 18.2. The minimum Gasteiger partial charge on any atom is -0.345 e. The van der Waals surface area contributed by atoms with E-state index in [0.717, 1.165) is 5.56 Å². The Hall–Kier alpha value is -1.84. The van der Waals surface area contributed by atoms with E-state index < -0.39 is 0 Å². The molecule has 16 heavy (non-hydrogen) atoms. The van der Waals surface area contributed by atoms with E-state index in [0.29, 0.717) is 0 Å². The highest BCUT2D eigenvalue weighted by Crippen LogP contribution is 2.20. The molecule has 2 amide bonds. The second kappa shape index (κ2) is 4.35. The van der Waals surface area contributed by atoms with E-state index in [1.54, 1.807) is 4.90 Å². The monoisotopic (exact) mass is 218 g/mol. The van der Waals surface area contributed by atoms with Crippen LogP contribution in [-0.2, 0) is 9.59 Å². The number of carbonyl (C=O) groups excluding carboxylic acids is 2. The number of benzene rings is 1. The molecule has 1 aliphatic rings. The first kappa shape index (κ1) is 10.7. The molecule has 84 valence electrons. The van der Waals surface area contributed by atoms with Crippen LogP contribution in [0.1, 0.15) is 18.5 Å². The molecule has 1 fully saturated rings. The highest BCUT2D eigenvalue weighted by Gasteiger charge is 2.27. The summed E-state index contributed by atoms with van der Waals surface area (Å²) in [6.07, 6.45) is 0. The van der Waals surface area contributed by atoms with E-state index in [9.17, 15) is 9.59 Å². The van der Waals surface area contributed by atoms with Crippen LogP contribution in [0.15, 0.2) is 30.3 Å². The molecule has 1 unspecified atom stereocenters. The molecular formula is C12H14N2O2. The van der Waals surface area contributed by atoms with Crippen molar-refractivity contribution in [1.29, 1.82) is 0 Å². The summed E-state index contributed by atoms with van der Waals surface area (Å²) < 4.78 is 0. The Morgan fingerprint density at radius 2 is 1.94 bits per heavy atom. The Labute approximate surface area is 94.2 Å². The van der Waals surface area contributed by atoms with E-state index in [1.165, 1.54) is 0 Å². The van der Waals surface area contributed by atoms with Crippen LogP contribution in [0.4, 0.5) is 0 Å². The molecule has 0 aliphatic carbocycles. The fourth-order valence-electron chi connectivity index (χ4n) is 1.84. The minimum atomic E-state index is -0.0950. The van der Waals surface area contributed by atoms with Gasteiger partial charge in [-0.15, -0.1) is 0 Å². The van der Waals surface area contributed by atoms with Gasteiger partial charge in [-0.1, -0.05) is 30.3 Å². The summed E-state index contributed by atoms with van der Waals surface area (Å²) in [6, 6.07) is 9.66. The number of amides is 2. The summed E-state index contributed by atoms with van der Waals surface area (Å²) in [7, 11) is 0. The number of hydrogen-bond acceptors (Lipinski definition) is 2. The van der Waals surface area contributed by atoms with Gasteiger partial charge in [0, 0.05) is 0 Å². The van der Waals surface area contributed by atoms with Crippen molar-refractivity contribution in [3.8, 4) is 0 Å². The highest BCUT2D eigenvalue weighted by molar-refractivity contribution is 5.92. The minimum absolute atomic E-state index is 0.0315. The zero-order valence-corrected chi connectivity index (χ0v) is 9.14. The first-order valence-electron chi connectivity index (χ1n) is 5.29. The van der Waals surface area contributed by atoms with Gasteiger partial charge in [-0.05, 0) is 12.5 Å². The van der Waals surface area contributed by atoms with Crippen molar-refractivity contribution in [1.82, 2.24) is 10.2 Å². The van der Waals surface area contributed by atoms with Gasteiger partial charge in [0.2, 0.25) is 11.8 Å². The van der Waals surface area contributed by atoms with Gasteiger partial charge in [-0.3, -0.25) is 9.59 Å². The average Bonchev–Trinajstić information content (AvgIpc) is 2.32. The van der Waals surface area contributed by atoms with Gasteiger partial charge >= 0.3 is 0 Å². The Morgan fingerprint density at radius 1 is 1.25 bits per heavy atom. The fourth-order valence-corrected chi connectivity index (χ4v) is 1.84. The molecule has 1 aliphatic heterocycles. The first-order chi connectivity index (χ1) is 7.68. The van der Waals surface area contributed by atoms with Crippen LogP contribution in [0.25, 0.3) is 0 Å². The van der Waals surface area contributed by atoms with Gasteiger partial charge in [0.1, 0.15) is 6.54 Å². The molecule has 0 spiro atoms. The zero-order chi connectivity index (χ0) is 11.5. The number of hydrogen-bond donors (Lipinski definition) is 1. The predicted molar refractivity (Wildman–Crippen MR) is 59.6 cm³/mol. The van der Waals surface area contributed by atoms with Gasteiger partial charge in [0.25, 0.3) is 0 Å². The van der Waals surface area contributed by atoms with Crippen LogP contribution in [-0.4, -0.2) is 29.8 Å². The van der Waals surface area contributed by atoms with Crippen LogP contribution >= 0.6 is 0 Å². The fraction of sp³-hybridized carbons (Fsp3) is 0.333. The van der Waals surface area contributed by atoms with E-state index in [4.69, 9.17) is 0 Å². The van der Waals surface area contributed by atoms with Crippen molar-refractivity contribution in [2.24, 2.45) is 0 Å². The van der Waals surface area contributed by atoms with Crippen molar-refractivity contribution in [3.63, 3.8) is 0 Å². The summed E-state index contributed by atoms with van der Waals surface area (Å²) in [5.41, 5.74) is 1.05. The lowest BCUT2D eigenvalue weighted by molar-refractivity contribution is -0.142. The molecule has 1 saturated heterocycles. The summed E-state index contributed by atoms with van der Waals surface area (Å²) in [6.45, 7) is 2.19. The number of rotatable bonds is 2. The number of piperazine rings is 1. The molecule has 1 atom stereocenters. The Kier molecular flexibility index (Phi) is 2.90. The van der Waals surface area contributed by atoms with E-state index in [1.807, 2.05) is 37.3 Å². The molecule has 1 heterocycles. The van der Waals surface area contributed by atoms with Crippen molar-refractivity contribution in [3.05, 3.63) is 35.9 Å². The molecule has 0 radical (unpaired) electrons. The maximum atomic E-state index is 11.7. The molecular weight excluding hydrogens is 204 g/mol. The lowest BCUT2D eigenvalue weighted by Crippen LogP contribution is -2.52. The molecule has 0 aromatic heterocycles. The van der Waals surface area contributed by atoms with Gasteiger partial charge < -0.3 is 10.2 Å². The molecule has 0 saturated carbocycles. The maximum absolute atomic E-state index is 11.7. The number of carbonyl (C=O) groups is 2. The highest BCUT2D eigenvalue weighted by atomic mass is 16.2. The second-order valence-electron chi connectivity index (χ2n) is 3.89. The van der Waals surface area contributed by atoms with Gasteiger partial charge in [-0.25, -0.2) is 0 Å². The smallest absolute Gasteiger partial charge is 0.242 e. The third kappa shape index (κ3) is 2.05. The molecule has 1 aromatic rings. The van der Waals surface area contributed by atoms with E-state index in [2.05, 4.69) is 5.32 Å². The first-order valence-corrected chi connectivity index (χ1v) is 5.29. The standard InChI is InChI=1S/C12H14N2O2/c1-9(10-5-3-2-4-6-10)14-8-11(15)13-7-12(14)16/h2-6,9H,7-8H2,1H3,(H,13,15). The largest absolute Gasteiger partial charge is 0.345 e. The number of nitrogens with one attached hydrogen (secondary N) is 1. The predicted octanol–water partition coefficient (Wildman–Crippen LogP) is 0.706. The van der Waals surface area contributed by atoms with Crippen LogP contribution in [0.5, 0.6) is 0 Å². The lowest BCUT2D eigenvalue weighted by Gasteiger charge is -2.32. The molecule has 4 nitrogen and oxygen atoms in total. The molecule has 4 heteroatoms. The third-order valence-corrected chi connectivity index (χ3v) is 2.82. The second-order valence-corrected chi connectivity index (χ2v) is 3.89. The quantitative estimate of drug-likeness (QED) is 0.794. The van der Waals surface area contributed by atoms with Crippen molar-refractivity contribution >= 4 is 11.8 Å². The van der Waals surface area contributed by atoms with Crippen molar-refractivity contribution < 1.29 is 9.59 Å². The van der Waals surface area contributed by atoms with Crippen molar-refractivity contribution in [2.45, 2.75) is 13.0 Å².